The van der Waals surface area contributed by atoms with E-state index >= 15 is 0 Å². The van der Waals surface area contributed by atoms with Gasteiger partial charge in [-0.3, -0.25) is 4.79 Å². The molecule has 0 bridgehead atoms. The number of benzene rings is 1. The molecule has 0 aliphatic carbocycles. The van der Waals surface area contributed by atoms with Crippen molar-refractivity contribution in [3.63, 3.8) is 0 Å². The Bertz CT molecular complexity index is 373. The van der Waals surface area contributed by atoms with E-state index in [4.69, 9.17) is 10.2 Å². The van der Waals surface area contributed by atoms with Crippen molar-refractivity contribution in [3.8, 4) is 5.75 Å². The van der Waals surface area contributed by atoms with Gasteiger partial charge in [0.2, 0.25) is 6.41 Å². The molecule has 0 aromatic heterocycles. The smallest absolute Gasteiger partial charge is 0.330 e. The van der Waals surface area contributed by atoms with Crippen LogP contribution in [0, 0.1) is 5.82 Å². The number of rotatable bonds is 4. The molecule has 0 aliphatic rings. The molecule has 1 atom stereocenters. The first-order valence-electron chi connectivity index (χ1n) is 3.96. The van der Waals surface area contributed by atoms with Gasteiger partial charge >= 0.3 is 5.97 Å². The summed E-state index contributed by atoms with van der Waals surface area (Å²) < 4.78 is 12.8. The standard InChI is InChI=1S/C9H8FNO4/c10-6-1-5(2-7(13)3-6)8(9(14)15)11-4-12/h1-4,8,13H,(H,11,12)(H,14,15). The van der Waals surface area contributed by atoms with Crippen molar-refractivity contribution in [2.24, 2.45) is 0 Å². The maximum Gasteiger partial charge on any atom is 0.330 e. The number of carbonyl (C=O) groups excluding carboxylic acids is 1. The molecule has 3 N–H and O–H groups in total. The number of halogens is 1. The third kappa shape index (κ3) is 2.67. The fraction of sp³-hybridized carbons (Fsp3) is 0.111. The van der Waals surface area contributed by atoms with Crippen LogP contribution in [0.15, 0.2) is 18.2 Å². The first kappa shape index (κ1) is 11.0. The van der Waals surface area contributed by atoms with Crippen LogP contribution in [0.4, 0.5) is 4.39 Å². The molecule has 0 saturated carbocycles. The Morgan fingerprint density at radius 1 is 1.47 bits per heavy atom. The number of phenolic OH excluding ortho intramolecular Hbond substituents is 1. The van der Waals surface area contributed by atoms with Crippen LogP contribution >= 0.6 is 0 Å². The molecule has 1 amide bonds. The zero-order chi connectivity index (χ0) is 11.4. The number of aromatic hydroxyl groups is 1. The van der Waals surface area contributed by atoms with E-state index in [1.165, 1.54) is 0 Å². The van der Waals surface area contributed by atoms with Gasteiger partial charge in [0.15, 0.2) is 6.04 Å². The van der Waals surface area contributed by atoms with Crippen molar-refractivity contribution in [2.75, 3.05) is 0 Å². The van der Waals surface area contributed by atoms with Crippen LogP contribution in [0.5, 0.6) is 5.75 Å². The van der Waals surface area contributed by atoms with Crippen LogP contribution in [0.2, 0.25) is 0 Å². The number of nitrogens with one attached hydrogen (secondary N) is 1. The minimum Gasteiger partial charge on any atom is -0.508 e. The van der Waals surface area contributed by atoms with Gasteiger partial charge in [0.25, 0.3) is 0 Å². The number of carboxylic acid groups (broad SMARTS) is 1. The molecule has 0 aliphatic heterocycles. The Balaban J connectivity index is 3.10. The third-order valence-corrected chi connectivity index (χ3v) is 1.72. The molecule has 1 aromatic carbocycles. The predicted molar refractivity (Wildman–Crippen MR) is 47.6 cm³/mol. The topological polar surface area (TPSA) is 86.6 Å². The van der Waals surface area contributed by atoms with Crippen LogP contribution in [-0.4, -0.2) is 22.6 Å². The Morgan fingerprint density at radius 2 is 2.13 bits per heavy atom. The zero-order valence-corrected chi connectivity index (χ0v) is 7.48. The second-order valence-corrected chi connectivity index (χ2v) is 2.80. The fourth-order valence-corrected chi connectivity index (χ4v) is 1.14. The summed E-state index contributed by atoms with van der Waals surface area (Å²) in [6, 6.07) is 1.46. The molecule has 0 heterocycles. The lowest BCUT2D eigenvalue weighted by molar-refractivity contribution is -0.140. The summed E-state index contributed by atoms with van der Waals surface area (Å²) in [5.74, 6) is -2.51. The molecular weight excluding hydrogens is 205 g/mol. The molecule has 1 unspecified atom stereocenters. The second-order valence-electron chi connectivity index (χ2n) is 2.80. The SMILES string of the molecule is O=CNC(C(=O)O)c1cc(O)cc(F)c1. The molecule has 0 radical (unpaired) electrons. The lowest BCUT2D eigenvalue weighted by atomic mass is 10.1. The molecule has 0 spiro atoms. The fourth-order valence-electron chi connectivity index (χ4n) is 1.14. The molecule has 5 nitrogen and oxygen atoms in total. The average molecular weight is 213 g/mol. The summed E-state index contributed by atoms with van der Waals surface area (Å²) in [4.78, 5) is 20.8. The van der Waals surface area contributed by atoms with Gasteiger partial charge in [-0.15, -0.1) is 0 Å². The third-order valence-electron chi connectivity index (χ3n) is 1.72. The van der Waals surface area contributed by atoms with E-state index in [9.17, 15) is 14.0 Å². The minimum absolute atomic E-state index is 0.0351. The van der Waals surface area contributed by atoms with Crippen molar-refractivity contribution in [3.05, 3.63) is 29.6 Å². The lowest BCUT2D eigenvalue weighted by Gasteiger charge is -2.11. The molecule has 0 fully saturated rings. The molecule has 80 valence electrons. The maximum absolute atomic E-state index is 12.8. The summed E-state index contributed by atoms with van der Waals surface area (Å²) in [5, 5.41) is 19.8. The maximum atomic E-state index is 12.8. The number of hydrogen-bond acceptors (Lipinski definition) is 3. The number of carbonyl (C=O) groups is 2. The van der Waals surface area contributed by atoms with Crippen molar-refractivity contribution in [1.29, 1.82) is 0 Å². The summed E-state index contributed by atoms with van der Waals surface area (Å²) in [5.41, 5.74) is -0.0351. The highest BCUT2D eigenvalue weighted by Crippen LogP contribution is 2.20. The highest BCUT2D eigenvalue weighted by atomic mass is 19.1. The van der Waals surface area contributed by atoms with Crippen LogP contribution < -0.4 is 5.32 Å². The van der Waals surface area contributed by atoms with Crippen LogP contribution in [-0.2, 0) is 9.59 Å². The van der Waals surface area contributed by atoms with Crippen molar-refractivity contribution >= 4 is 12.4 Å². The predicted octanol–water partition coefficient (Wildman–Crippen LogP) is 0.403. The highest BCUT2D eigenvalue weighted by molar-refractivity contribution is 5.78. The van der Waals surface area contributed by atoms with E-state index in [2.05, 4.69) is 0 Å². The Kier molecular flexibility index (Phi) is 3.22. The number of carboxylic acids is 1. The lowest BCUT2D eigenvalue weighted by Crippen LogP contribution is -2.27. The molecule has 6 heteroatoms. The molecule has 1 rings (SSSR count). The van der Waals surface area contributed by atoms with Crippen molar-refractivity contribution in [1.82, 2.24) is 5.32 Å². The van der Waals surface area contributed by atoms with Gasteiger partial charge in [-0.05, 0) is 17.7 Å². The van der Waals surface area contributed by atoms with E-state index in [0.29, 0.717) is 0 Å². The number of phenols is 1. The summed E-state index contributed by atoms with van der Waals surface area (Å²) in [6.07, 6.45) is 0.195. The van der Waals surface area contributed by atoms with E-state index in [-0.39, 0.29) is 12.0 Å². The highest BCUT2D eigenvalue weighted by Gasteiger charge is 2.19. The Morgan fingerprint density at radius 3 is 2.60 bits per heavy atom. The molecule has 0 saturated heterocycles. The Labute approximate surface area is 84.2 Å². The van der Waals surface area contributed by atoms with E-state index in [0.717, 1.165) is 18.2 Å². The average Bonchev–Trinajstić information content (AvgIpc) is 2.11. The van der Waals surface area contributed by atoms with Gasteiger partial charge in [0, 0.05) is 6.07 Å². The van der Waals surface area contributed by atoms with Gasteiger partial charge < -0.3 is 15.5 Å². The van der Waals surface area contributed by atoms with Crippen molar-refractivity contribution < 1.29 is 24.2 Å². The number of aliphatic carboxylic acids is 1. The number of amides is 1. The molecule has 15 heavy (non-hydrogen) atoms. The van der Waals surface area contributed by atoms with Gasteiger partial charge in [-0.25, -0.2) is 9.18 Å². The first-order chi connectivity index (χ1) is 7.04. The van der Waals surface area contributed by atoms with E-state index in [1.54, 1.807) is 0 Å². The molecule has 1 aromatic rings. The summed E-state index contributed by atoms with van der Waals surface area (Å²) >= 11 is 0. The molecular formula is C9H8FNO4. The van der Waals surface area contributed by atoms with Crippen LogP contribution in [0.1, 0.15) is 11.6 Å². The second kappa shape index (κ2) is 4.41. The largest absolute Gasteiger partial charge is 0.508 e. The summed E-state index contributed by atoms with van der Waals surface area (Å²) in [6.45, 7) is 0. The van der Waals surface area contributed by atoms with Gasteiger partial charge in [0.1, 0.15) is 11.6 Å². The normalized spacial score (nSPS) is 11.8. The minimum atomic E-state index is -1.37. The van der Waals surface area contributed by atoms with Gasteiger partial charge in [-0.2, -0.15) is 0 Å². The number of hydrogen-bond donors (Lipinski definition) is 3. The summed E-state index contributed by atoms with van der Waals surface area (Å²) in [7, 11) is 0. The quantitative estimate of drug-likeness (QED) is 0.632. The monoisotopic (exact) mass is 213 g/mol. The zero-order valence-electron chi connectivity index (χ0n) is 7.48. The van der Waals surface area contributed by atoms with Crippen LogP contribution in [0.25, 0.3) is 0 Å². The Hall–Kier alpha value is -2.11. The van der Waals surface area contributed by atoms with Crippen molar-refractivity contribution in [2.45, 2.75) is 6.04 Å². The van der Waals surface area contributed by atoms with Gasteiger partial charge in [-0.1, -0.05) is 0 Å². The van der Waals surface area contributed by atoms with E-state index < -0.39 is 23.6 Å². The van der Waals surface area contributed by atoms with E-state index in [1.807, 2.05) is 5.32 Å². The first-order valence-corrected chi connectivity index (χ1v) is 3.96. The van der Waals surface area contributed by atoms with Crippen LogP contribution in [0.3, 0.4) is 0 Å². The van der Waals surface area contributed by atoms with Gasteiger partial charge in [0.05, 0.1) is 0 Å².